The predicted octanol–water partition coefficient (Wildman–Crippen LogP) is -2.93. The van der Waals surface area contributed by atoms with Crippen molar-refractivity contribution in [3.63, 3.8) is 0 Å². The summed E-state index contributed by atoms with van der Waals surface area (Å²) in [5.41, 5.74) is 43.6. The minimum absolute atomic E-state index is 0.0332. The van der Waals surface area contributed by atoms with Crippen LogP contribution in [0.1, 0.15) is 74.9 Å². The molecule has 92 heavy (non-hydrogen) atoms. The fraction of sp³-hybridized carbons (Fsp3) is 0.683. The van der Waals surface area contributed by atoms with E-state index >= 15 is 0 Å². The lowest BCUT2D eigenvalue weighted by molar-refractivity contribution is -0.306. The molecule has 4 aromatic heterocycles. The van der Waals surface area contributed by atoms with E-state index in [-0.39, 0.29) is 26.1 Å². The van der Waals surface area contributed by atoms with Crippen molar-refractivity contribution in [3.05, 3.63) is 78.1 Å². The molecule has 1 aliphatic carbocycles. The third-order valence-corrected chi connectivity index (χ3v) is 18.3. The van der Waals surface area contributed by atoms with Crippen LogP contribution in [0.3, 0.4) is 0 Å². The highest BCUT2D eigenvalue weighted by atomic mass is 16.8. The summed E-state index contributed by atoms with van der Waals surface area (Å²) < 4.78 is 48.3. The van der Waals surface area contributed by atoms with Gasteiger partial charge in [-0.1, -0.05) is 41.3 Å². The lowest BCUT2D eigenvalue weighted by Crippen LogP contribution is -2.68. The largest absolute Gasteiger partial charge is 0.487 e. The van der Waals surface area contributed by atoms with Gasteiger partial charge in [0.05, 0.1) is 53.4 Å². The van der Waals surface area contributed by atoms with Gasteiger partial charge in [-0.25, -0.2) is 9.67 Å². The molecule has 0 amide bonds. The van der Waals surface area contributed by atoms with Crippen molar-refractivity contribution in [1.82, 2.24) is 59.8 Å². The van der Waals surface area contributed by atoms with Gasteiger partial charge in [0.15, 0.2) is 18.9 Å². The number of likely N-dealkylation sites (N-methyl/N-ethyl adjacent to an activating group) is 1. The molecule has 4 saturated heterocycles. The lowest BCUT2D eigenvalue weighted by Gasteiger charge is -2.47. The zero-order chi connectivity index (χ0) is 64.6. The standard InChI is InChI=1S/C60H93N19O13/c1-75-20-22-76(23-21-75)37-14-17-41-42(24-37)68-57(67-41)33-12-15-38(16-13-33)86-32-36-30-78(73-71-36)19-9-5-3-2-4-8-18-77-28-34(69-72-77)10-6-7-11-35-29-79(74-70-35)31-45-55(91-59-47(66)52(84)50(82)44(27-62)88-59)53(85)60(89-45)92-56-48(80)39(63)25-40(64)54(56)90-58-46(65)51(83)49(81)43(26-61)87-58/h12-17,24,28-30,39-40,43-56,58-60,80-85H,2-11,18-23,25-27,31-32,61-66H2,1H3,(H,67,68)/t39-,40?,43?,44+,45-,46?,47?,48?,49+,50-,51-,52?,53+,54+,55+,56-,58+,59-,60?/m1/s1. The van der Waals surface area contributed by atoms with E-state index in [9.17, 15) is 30.6 Å². The third kappa shape index (κ3) is 16.3. The molecule has 19 N–H and O–H groups in total. The van der Waals surface area contributed by atoms with Gasteiger partial charge in [0, 0.05) is 88.1 Å². The number of hydrogen-bond donors (Lipinski definition) is 13. The van der Waals surface area contributed by atoms with E-state index in [4.69, 9.17) is 72.5 Å². The van der Waals surface area contributed by atoms with Crippen molar-refractivity contribution in [3.8, 4) is 17.1 Å². The zero-order valence-corrected chi connectivity index (χ0v) is 52.0. The van der Waals surface area contributed by atoms with Crippen LogP contribution in [0.5, 0.6) is 5.75 Å². The Hall–Kier alpha value is -5.83. The summed E-state index contributed by atoms with van der Waals surface area (Å²) in [5.74, 6) is 1.58. The number of nitrogens with two attached hydrogens (primary N) is 6. The second-order valence-corrected chi connectivity index (χ2v) is 25.2. The van der Waals surface area contributed by atoms with Crippen molar-refractivity contribution < 1.29 is 63.8 Å². The van der Waals surface area contributed by atoms with Crippen LogP contribution >= 0.6 is 0 Å². The Morgan fingerprint density at radius 3 is 1.72 bits per heavy atom. The molecule has 1 saturated carbocycles. The van der Waals surface area contributed by atoms with Crippen LogP contribution < -0.4 is 44.0 Å². The number of anilines is 1. The van der Waals surface area contributed by atoms with E-state index < -0.39 is 116 Å². The van der Waals surface area contributed by atoms with Gasteiger partial charge in [-0.15, -0.1) is 15.3 Å². The Morgan fingerprint density at radius 1 is 0.554 bits per heavy atom. The van der Waals surface area contributed by atoms with Crippen molar-refractivity contribution in [2.45, 2.75) is 213 Å². The molecule has 7 unspecified atom stereocenters. The number of rotatable bonds is 29. The summed E-state index contributed by atoms with van der Waals surface area (Å²) in [6.45, 7) is 5.70. The van der Waals surface area contributed by atoms with Crippen LogP contribution in [0.4, 0.5) is 5.69 Å². The van der Waals surface area contributed by atoms with Crippen LogP contribution in [-0.4, -0.2) is 253 Å². The smallest absolute Gasteiger partial charge is 0.187 e. The number of imidazole rings is 1. The van der Waals surface area contributed by atoms with E-state index in [0.717, 1.165) is 137 Å². The maximum Gasteiger partial charge on any atom is 0.187 e. The number of benzene rings is 2. The summed E-state index contributed by atoms with van der Waals surface area (Å²) in [5, 5.41) is 92.1. The minimum Gasteiger partial charge on any atom is -0.487 e. The molecule has 6 aromatic rings. The van der Waals surface area contributed by atoms with Gasteiger partial charge in [0.2, 0.25) is 0 Å². The molecule has 2 aromatic carbocycles. The molecule has 5 fully saturated rings. The molecule has 19 atom stereocenters. The van der Waals surface area contributed by atoms with Crippen LogP contribution in [0, 0.1) is 0 Å². The number of ether oxygens (including phenoxy) is 7. The lowest BCUT2D eigenvalue weighted by atomic mass is 9.84. The van der Waals surface area contributed by atoms with Gasteiger partial charge in [-0.2, -0.15) is 0 Å². The normalized spacial score (nSPS) is 32.3. The molecule has 32 heteroatoms. The second-order valence-electron chi connectivity index (χ2n) is 25.2. The highest BCUT2D eigenvalue weighted by molar-refractivity contribution is 5.83. The monoisotopic (exact) mass is 1290 g/mol. The first-order valence-electron chi connectivity index (χ1n) is 32.3. The van der Waals surface area contributed by atoms with Gasteiger partial charge in [-0.05, 0) is 94.5 Å². The number of nitrogens with one attached hydrogen (secondary N) is 1. The Kier molecular flexibility index (Phi) is 22.9. The number of aryl methyl sites for hydroxylation is 4. The van der Waals surface area contributed by atoms with Gasteiger partial charge in [0.1, 0.15) is 91.0 Å². The van der Waals surface area contributed by atoms with Crippen molar-refractivity contribution in [2.75, 3.05) is 51.2 Å². The van der Waals surface area contributed by atoms with Gasteiger partial charge >= 0.3 is 0 Å². The maximum atomic E-state index is 12.0. The highest BCUT2D eigenvalue weighted by Crippen LogP contribution is 2.36. The average molecular weight is 1290 g/mol. The fourth-order valence-electron chi connectivity index (χ4n) is 12.7. The molecule has 0 bridgehead atoms. The molecule has 11 rings (SSSR count). The number of aliphatic hydroxyl groups is 6. The number of aromatic nitrogens is 11. The molecule has 506 valence electrons. The third-order valence-electron chi connectivity index (χ3n) is 18.3. The Labute approximate surface area is 532 Å². The Morgan fingerprint density at radius 2 is 1.10 bits per heavy atom. The van der Waals surface area contributed by atoms with Crippen molar-refractivity contribution >= 4 is 16.7 Å². The molecule has 0 spiro atoms. The number of H-pyrrole nitrogens is 1. The number of nitrogens with zero attached hydrogens (tertiary/aromatic N) is 12. The second kappa shape index (κ2) is 31.2. The summed E-state index contributed by atoms with van der Waals surface area (Å²) in [6.07, 6.45) is -4.83. The average Bonchev–Trinajstić information content (AvgIpc) is 1.79. The minimum atomic E-state index is -1.61. The van der Waals surface area contributed by atoms with Crippen LogP contribution in [0.15, 0.2) is 61.1 Å². The topological polar surface area (TPSA) is 469 Å². The van der Waals surface area contributed by atoms with Gasteiger partial charge < -0.3 is 113 Å². The molecule has 8 heterocycles. The molecule has 0 radical (unpaired) electrons. The van der Waals surface area contributed by atoms with E-state index in [0.29, 0.717) is 18.7 Å². The molecule has 5 aliphatic rings. The summed E-state index contributed by atoms with van der Waals surface area (Å²) in [6, 6.07) is 10.1. The van der Waals surface area contributed by atoms with E-state index in [1.165, 1.54) is 10.4 Å². The van der Waals surface area contributed by atoms with Crippen molar-refractivity contribution in [2.24, 2.45) is 34.4 Å². The number of hydrogen-bond acceptors (Lipinski definition) is 28. The molecule has 32 nitrogen and oxygen atoms in total. The number of aromatic amines is 1. The fourth-order valence-corrected chi connectivity index (χ4v) is 12.7. The van der Waals surface area contributed by atoms with Crippen LogP contribution in [-0.2, 0) is 67.5 Å². The highest BCUT2D eigenvalue weighted by Gasteiger charge is 2.55. The number of unbranched alkanes of at least 4 members (excludes halogenated alkanes) is 6. The van der Waals surface area contributed by atoms with Gasteiger partial charge in [-0.3, -0.25) is 9.36 Å². The number of fused-ring (bicyclic) bond motifs is 1. The van der Waals surface area contributed by atoms with E-state index in [1.54, 1.807) is 6.20 Å². The Bertz CT molecular complexity index is 3220. The molecular formula is C60H93N19O13. The zero-order valence-electron chi connectivity index (χ0n) is 52.0. The summed E-state index contributed by atoms with van der Waals surface area (Å²) in [7, 11) is 2.17. The first-order valence-corrected chi connectivity index (χ1v) is 32.3. The first kappa shape index (κ1) is 67.6. The van der Waals surface area contributed by atoms with Gasteiger partial charge in [0.25, 0.3) is 0 Å². The van der Waals surface area contributed by atoms with Crippen LogP contribution in [0.25, 0.3) is 22.4 Å². The summed E-state index contributed by atoms with van der Waals surface area (Å²) >= 11 is 0. The SMILES string of the molecule is CN1CCN(c2ccc3nc(-c4ccc(OCc5cn(CCCCCCCCn6cc(CCCCc7cn(C[C@H]8OC(O[C@@H]9C(O)[C@H](N)CC(N)[C@@H]9O[C@@H]9OC(CN)[C@H](O)[C@H](O)C9N)[C@@H](O)[C@H]8O[C@H]8O[C@@H](CN)[C@@H](O)C(O)C8N)nn7)nn6)nn5)cc4)[nH]c3c2)CC1. The first-order chi connectivity index (χ1) is 44.5. The molecule has 4 aliphatic heterocycles. The summed E-state index contributed by atoms with van der Waals surface area (Å²) in [4.78, 5) is 13.1. The Balaban J connectivity index is 0.587. The van der Waals surface area contributed by atoms with Crippen LogP contribution in [0.2, 0.25) is 0 Å². The predicted molar refractivity (Wildman–Crippen MR) is 331 cm³/mol. The van der Waals surface area contributed by atoms with E-state index in [1.807, 2.05) is 46.0 Å². The maximum absolute atomic E-state index is 12.0. The number of aliphatic hydroxyl groups excluding tert-OH is 6. The quantitative estimate of drug-likeness (QED) is 0.0209. The number of piperazine rings is 1. The van der Waals surface area contributed by atoms with Crippen molar-refractivity contribution in [1.29, 1.82) is 0 Å². The molecular weight excluding hydrogens is 1190 g/mol. The van der Waals surface area contributed by atoms with E-state index in [2.05, 4.69) is 71.0 Å².